The van der Waals surface area contributed by atoms with Crippen molar-refractivity contribution in [2.45, 2.75) is 24.9 Å². The van der Waals surface area contributed by atoms with Crippen LogP contribution in [0, 0.1) is 0 Å². The van der Waals surface area contributed by atoms with Gasteiger partial charge in [0.15, 0.2) is 5.60 Å². The van der Waals surface area contributed by atoms with Gasteiger partial charge in [-0.25, -0.2) is 4.89 Å². The third-order valence-electron chi connectivity index (χ3n) is 2.24. The third kappa shape index (κ3) is 0.714. The highest BCUT2D eigenvalue weighted by atomic mass is 17.5. The average Bonchev–Trinajstić information content (AvgIpc) is 2.48. The molecule has 1 aliphatic carbocycles. The monoisotopic (exact) mass is 142 g/mol. The summed E-state index contributed by atoms with van der Waals surface area (Å²) in [4.78, 5) is 9.66. The average molecular weight is 142 g/mol. The first-order chi connectivity index (χ1) is 4.83. The second kappa shape index (κ2) is 2.05. The highest BCUT2D eigenvalue weighted by Gasteiger charge is 2.44. The van der Waals surface area contributed by atoms with Crippen molar-refractivity contribution in [1.29, 1.82) is 0 Å². The van der Waals surface area contributed by atoms with Crippen LogP contribution in [-0.2, 0) is 14.8 Å². The van der Waals surface area contributed by atoms with Crippen molar-refractivity contribution >= 4 is 0 Å². The van der Waals surface area contributed by atoms with E-state index in [1.165, 1.54) is 0 Å². The lowest BCUT2D eigenvalue weighted by Crippen LogP contribution is -2.28. The van der Waals surface area contributed by atoms with Crippen molar-refractivity contribution in [2.75, 3.05) is 6.61 Å². The first kappa shape index (κ1) is 6.34. The van der Waals surface area contributed by atoms with Gasteiger partial charge >= 0.3 is 0 Å². The van der Waals surface area contributed by atoms with Crippen LogP contribution < -0.4 is 0 Å². The van der Waals surface area contributed by atoms with Crippen molar-refractivity contribution in [3.63, 3.8) is 0 Å². The molecule has 0 aromatic rings. The highest BCUT2D eigenvalue weighted by Crippen LogP contribution is 2.40. The van der Waals surface area contributed by atoms with Crippen LogP contribution in [0.2, 0.25) is 0 Å². The Balaban J connectivity index is 2.19. The molecule has 0 bridgehead atoms. The van der Waals surface area contributed by atoms with Gasteiger partial charge < -0.3 is 0 Å². The standard InChI is InChI=1S/C7H10O3/c1-6-3-2-4-7(6)5-8-10-9-7/h1-5H2. The smallest absolute Gasteiger partial charge is 0.154 e. The van der Waals surface area contributed by atoms with Gasteiger partial charge in [-0.3, -0.25) is 0 Å². The normalized spacial score (nSPS) is 39.8. The van der Waals surface area contributed by atoms with Crippen molar-refractivity contribution in [3.05, 3.63) is 12.2 Å². The van der Waals surface area contributed by atoms with E-state index in [1.54, 1.807) is 0 Å². The van der Waals surface area contributed by atoms with Gasteiger partial charge in [-0.2, -0.15) is 4.89 Å². The molecule has 0 aromatic carbocycles. The van der Waals surface area contributed by atoms with Crippen LogP contribution >= 0.6 is 0 Å². The van der Waals surface area contributed by atoms with E-state index in [0.717, 1.165) is 24.8 Å². The molecule has 1 saturated carbocycles. The Kier molecular flexibility index (Phi) is 1.30. The molecular formula is C7H10O3. The first-order valence-electron chi connectivity index (χ1n) is 3.49. The number of hydrogen-bond acceptors (Lipinski definition) is 3. The van der Waals surface area contributed by atoms with E-state index in [0.29, 0.717) is 6.61 Å². The van der Waals surface area contributed by atoms with Gasteiger partial charge in [0.2, 0.25) is 0 Å². The molecule has 1 saturated heterocycles. The summed E-state index contributed by atoms with van der Waals surface area (Å²) in [7, 11) is 0. The van der Waals surface area contributed by atoms with E-state index in [-0.39, 0.29) is 5.60 Å². The van der Waals surface area contributed by atoms with Gasteiger partial charge in [0.1, 0.15) is 6.61 Å². The predicted molar refractivity (Wildman–Crippen MR) is 33.8 cm³/mol. The molecule has 3 nitrogen and oxygen atoms in total. The van der Waals surface area contributed by atoms with Crippen LogP contribution in [0.15, 0.2) is 12.2 Å². The molecule has 1 heterocycles. The molecule has 1 spiro atoms. The fraction of sp³-hybridized carbons (Fsp3) is 0.714. The van der Waals surface area contributed by atoms with E-state index < -0.39 is 0 Å². The van der Waals surface area contributed by atoms with Crippen LogP contribution in [0.4, 0.5) is 0 Å². The summed E-state index contributed by atoms with van der Waals surface area (Å²) in [5.41, 5.74) is 0.810. The molecule has 1 unspecified atom stereocenters. The zero-order valence-electron chi connectivity index (χ0n) is 5.76. The molecule has 0 amide bonds. The van der Waals surface area contributed by atoms with Gasteiger partial charge in [-0.15, -0.1) is 0 Å². The summed E-state index contributed by atoms with van der Waals surface area (Å²) in [6.07, 6.45) is 3.14. The van der Waals surface area contributed by atoms with Gasteiger partial charge in [-0.05, 0) is 24.8 Å². The van der Waals surface area contributed by atoms with Crippen LogP contribution in [0.1, 0.15) is 19.3 Å². The lowest BCUT2D eigenvalue weighted by molar-refractivity contribution is -0.466. The quantitative estimate of drug-likeness (QED) is 0.377. The molecule has 2 aliphatic rings. The summed E-state index contributed by atoms with van der Waals surface area (Å²) in [5.74, 6) is 0. The molecule has 3 heteroatoms. The maximum atomic E-state index is 4.99. The molecule has 1 atom stereocenters. The maximum absolute atomic E-state index is 4.99. The van der Waals surface area contributed by atoms with Gasteiger partial charge in [0.05, 0.1) is 0 Å². The molecule has 1 aliphatic heterocycles. The molecule has 0 radical (unpaired) electrons. The van der Waals surface area contributed by atoms with Crippen LogP contribution in [0.5, 0.6) is 0 Å². The third-order valence-corrected chi connectivity index (χ3v) is 2.24. The Morgan fingerprint density at radius 3 is 2.90 bits per heavy atom. The second-order valence-electron chi connectivity index (χ2n) is 2.86. The number of hydrogen-bond donors (Lipinski definition) is 0. The second-order valence-corrected chi connectivity index (χ2v) is 2.86. The Hall–Kier alpha value is -0.380. The molecule has 2 fully saturated rings. The summed E-state index contributed by atoms with van der Waals surface area (Å²) < 4.78 is 0. The molecule has 56 valence electrons. The summed E-state index contributed by atoms with van der Waals surface area (Å²) in [6.45, 7) is 4.41. The molecule has 0 N–H and O–H groups in total. The van der Waals surface area contributed by atoms with Crippen LogP contribution in [0.3, 0.4) is 0 Å². The molecular weight excluding hydrogens is 132 g/mol. The van der Waals surface area contributed by atoms with Crippen LogP contribution in [0.25, 0.3) is 0 Å². The predicted octanol–water partition coefficient (Wildman–Crippen LogP) is 1.36. The maximum Gasteiger partial charge on any atom is 0.154 e. The van der Waals surface area contributed by atoms with Crippen molar-refractivity contribution in [3.8, 4) is 0 Å². The Morgan fingerprint density at radius 1 is 1.50 bits per heavy atom. The minimum atomic E-state index is -0.292. The fourth-order valence-corrected chi connectivity index (χ4v) is 1.50. The van der Waals surface area contributed by atoms with Crippen molar-refractivity contribution < 1.29 is 14.8 Å². The summed E-state index contributed by atoms with van der Waals surface area (Å²) in [6, 6.07) is 0. The van der Waals surface area contributed by atoms with E-state index in [4.69, 9.17) is 4.89 Å². The molecule has 0 aromatic heterocycles. The van der Waals surface area contributed by atoms with Crippen molar-refractivity contribution in [2.24, 2.45) is 0 Å². The minimum Gasteiger partial charge on any atom is -0.203 e. The van der Waals surface area contributed by atoms with E-state index in [2.05, 4.69) is 16.5 Å². The fourth-order valence-electron chi connectivity index (χ4n) is 1.50. The Bertz CT molecular complexity index is 153. The minimum absolute atomic E-state index is 0.292. The van der Waals surface area contributed by atoms with E-state index >= 15 is 0 Å². The first-order valence-corrected chi connectivity index (χ1v) is 3.49. The zero-order chi connectivity index (χ0) is 7.03. The molecule has 2 rings (SSSR count). The molecule has 10 heavy (non-hydrogen) atoms. The summed E-state index contributed by atoms with van der Waals surface area (Å²) in [5, 5.41) is 4.39. The van der Waals surface area contributed by atoms with E-state index in [9.17, 15) is 0 Å². The number of rotatable bonds is 0. The van der Waals surface area contributed by atoms with E-state index in [1.807, 2.05) is 0 Å². The zero-order valence-corrected chi connectivity index (χ0v) is 5.76. The lowest BCUT2D eigenvalue weighted by atomic mass is 10.0. The summed E-state index contributed by atoms with van der Waals surface area (Å²) >= 11 is 0. The van der Waals surface area contributed by atoms with Gasteiger partial charge in [0, 0.05) is 0 Å². The van der Waals surface area contributed by atoms with Gasteiger partial charge in [-0.1, -0.05) is 11.6 Å². The Morgan fingerprint density at radius 2 is 2.40 bits per heavy atom. The SMILES string of the molecule is C=C1CCCC12COOO2. The van der Waals surface area contributed by atoms with Crippen LogP contribution in [-0.4, -0.2) is 12.2 Å². The lowest BCUT2D eigenvalue weighted by Gasteiger charge is -2.16. The topological polar surface area (TPSA) is 27.7 Å². The Labute approximate surface area is 59.4 Å². The van der Waals surface area contributed by atoms with Crippen molar-refractivity contribution in [1.82, 2.24) is 0 Å². The van der Waals surface area contributed by atoms with Gasteiger partial charge in [0.25, 0.3) is 0 Å². The highest BCUT2D eigenvalue weighted by molar-refractivity contribution is 5.18. The largest absolute Gasteiger partial charge is 0.203 e.